The van der Waals surface area contributed by atoms with Crippen molar-refractivity contribution in [3.8, 4) is 0 Å². The molecule has 0 aliphatic carbocycles. The molecule has 8 heteroatoms. The molecule has 0 saturated carbocycles. The maximum absolute atomic E-state index is 12.1. The molecule has 0 amide bonds. The second kappa shape index (κ2) is 4.78. The molecule has 0 aliphatic heterocycles. The maximum Gasteiger partial charge on any atom is 0.281 e. The molecule has 1 N–H and O–H groups in total. The molecular formula is C11H13N3O3S2. The number of sulfonamides is 1. The van der Waals surface area contributed by atoms with E-state index in [1.807, 2.05) is 0 Å². The van der Waals surface area contributed by atoms with Crippen LogP contribution in [-0.2, 0) is 17.1 Å². The molecule has 2 aromatic rings. The normalized spacial score (nSPS) is 11.5. The minimum Gasteiger partial charge on any atom is -0.337 e. The SMILES string of the molecule is CC(=O)c1ccsc1NS(=O)(=O)c1cn(C)c(C)n1. The molecule has 0 unspecified atom stereocenters. The molecule has 0 spiro atoms. The van der Waals surface area contributed by atoms with Crippen molar-refractivity contribution in [3.63, 3.8) is 0 Å². The molecule has 6 nitrogen and oxygen atoms in total. The van der Waals surface area contributed by atoms with E-state index in [2.05, 4.69) is 9.71 Å². The lowest BCUT2D eigenvalue weighted by molar-refractivity contribution is 0.101. The summed E-state index contributed by atoms with van der Waals surface area (Å²) in [5.41, 5.74) is 0.362. The van der Waals surface area contributed by atoms with Gasteiger partial charge in [-0.25, -0.2) is 4.98 Å². The van der Waals surface area contributed by atoms with E-state index in [1.165, 1.54) is 13.1 Å². The van der Waals surface area contributed by atoms with Crippen molar-refractivity contribution < 1.29 is 13.2 Å². The van der Waals surface area contributed by atoms with E-state index in [1.54, 1.807) is 30.0 Å². The number of carbonyl (C=O) groups is 1. The molecule has 0 aromatic carbocycles. The second-order valence-electron chi connectivity index (χ2n) is 4.06. The van der Waals surface area contributed by atoms with Crippen LogP contribution in [0.15, 0.2) is 22.7 Å². The van der Waals surface area contributed by atoms with Crippen molar-refractivity contribution in [2.45, 2.75) is 18.9 Å². The van der Waals surface area contributed by atoms with Gasteiger partial charge < -0.3 is 4.57 Å². The Balaban J connectivity index is 2.36. The van der Waals surface area contributed by atoms with Crippen molar-refractivity contribution >= 4 is 32.1 Å². The summed E-state index contributed by atoms with van der Waals surface area (Å²) >= 11 is 1.16. The summed E-state index contributed by atoms with van der Waals surface area (Å²) in [6.45, 7) is 3.11. The van der Waals surface area contributed by atoms with Gasteiger partial charge in [-0.15, -0.1) is 11.3 Å². The van der Waals surface area contributed by atoms with Crippen LogP contribution >= 0.6 is 11.3 Å². The Kier molecular flexibility index (Phi) is 3.46. The summed E-state index contributed by atoms with van der Waals surface area (Å²) in [5, 5.41) is 1.92. The van der Waals surface area contributed by atoms with E-state index >= 15 is 0 Å². The summed E-state index contributed by atoms with van der Waals surface area (Å²) in [5.74, 6) is 0.412. The van der Waals surface area contributed by atoms with E-state index < -0.39 is 10.0 Å². The number of hydrogen-bond donors (Lipinski definition) is 1. The summed E-state index contributed by atoms with van der Waals surface area (Å²) in [4.78, 5) is 15.3. The van der Waals surface area contributed by atoms with Crippen molar-refractivity contribution in [2.75, 3.05) is 4.72 Å². The molecule has 19 heavy (non-hydrogen) atoms. The zero-order valence-corrected chi connectivity index (χ0v) is 12.3. The first-order valence-corrected chi connectivity index (χ1v) is 7.79. The van der Waals surface area contributed by atoms with Crippen molar-refractivity contribution in [2.24, 2.45) is 7.05 Å². The Morgan fingerprint density at radius 2 is 2.16 bits per heavy atom. The molecule has 2 aromatic heterocycles. The first-order chi connectivity index (χ1) is 8.81. The number of rotatable bonds is 4. The number of Topliss-reactive ketones (excluding diaryl/α,β-unsaturated/α-hetero) is 1. The average Bonchev–Trinajstić information content (AvgIpc) is 2.87. The van der Waals surface area contributed by atoms with Crippen LogP contribution in [0.5, 0.6) is 0 Å². The van der Waals surface area contributed by atoms with Crippen LogP contribution in [0, 0.1) is 6.92 Å². The van der Waals surface area contributed by atoms with Gasteiger partial charge >= 0.3 is 0 Å². The van der Waals surface area contributed by atoms with Gasteiger partial charge in [-0.05, 0) is 25.3 Å². The number of thiophene rings is 1. The average molecular weight is 299 g/mol. The van der Waals surface area contributed by atoms with Gasteiger partial charge in [-0.3, -0.25) is 9.52 Å². The van der Waals surface area contributed by atoms with E-state index in [9.17, 15) is 13.2 Å². The Hall–Kier alpha value is -1.67. The van der Waals surface area contributed by atoms with Gasteiger partial charge in [-0.1, -0.05) is 0 Å². The van der Waals surface area contributed by atoms with Gasteiger partial charge in [-0.2, -0.15) is 8.42 Å². The lowest BCUT2D eigenvalue weighted by Gasteiger charge is -2.04. The van der Waals surface area contributed by atoms with E-state index in [4.69, 9.17) is 0 Å². The van der Waals surface area contributed by atoms with E-state index in [-0.39, 0.29) is 10.8 Å². The fraction of sp³-hybridized carbons (Fsp3) is 0.273. The number of anilines is 1. The third-order valence-electron chi connectivity index (χ3n) is 2.63. The topological polar surface area (TPSA) is 81.1 Å². The molecule has 0 fully saturated rings. The standard InChI is InChI=1S/C11H13N3O3S2/c1-7(15)9-4-5-18-11(9)13-19(16,17)10-6-14(3)8(2)12-10/h4-6,13H,1-3H3. The van der Waals surface area contributed by atoms with E-state index in [0.717, 1.165) is 11.3 Å². The smallest absolute Gasteiger partial charge is 0.281 e. The molecule has 0 bridgehead atoms. The molecule has 0 radical (unpaired) electrons. The molecule has 0 aliphatic rings. The highest BCUT2D eigenvalue weighted by Crippen LogP contribution is 2.26. The highest BCUT2D eigenvalue weighted by atomic mass is 32.2. The molecule has 102 valence electrons. The number of imidazole rings is 1. The van der Waals surface area contributed by atoms with Gasteiger partial charge in [0.15, 0.2) is 10.8 Å². The lowest BCUT2D eigenvalue weighted by atomic mass is 10.2. The fourth-order valence-corrected chi connectivity index (χ4v) is 3.70. The number of aromatic nitrogens is 2. The fourth-order valence-electron chi connectivity index (χ4n) is 1.50. The number of aryl methyl sites for hydroxylation is 2. The summed E-state index contributed by atoms with van der Waals surface area (Å²) < 4.78 is 28.3. The zero-order chi connectivity index (χ0) is 14.2. The minimum absolute atomic E-state index is 0.0598. The van der Waals surface area contributed by atoms with Gasteiger partial charge in [0, 0.05) is 13.2 Å². The van der Waals surface area contributed by atoms with Crippen molar-refractivity contribution in [1.29, 1.82) is 0 Å². The van der Waals surface area contributed by atoms with Crippen LogP contribution in [0.2, 0.25) is 0 Å². The van der Waals surface area contributed by atoms with Crippen LogP contribution < -0.4 is 4.72 Å². The van der Waals surface area contributed by atoms with Gasteiger partial charge in [0.05, 0.1) is 5.56 Å². The van der Waals surface area contributed by atoms with Crippen LogP contribution in [0.4, 0.5) is 5.00 Å². The predicted molar refractivity (Wildman–Crippen MR) is 73.1 cm³/mol. The quantitative estimate of drug-likeness (QED) is 0.873. The summed E-state index contributed by atoms with van der Waals surface area (Å²) in [6, 6.07) is 1.59. The number of hydrogen-bond acceptors (Lipinski definition) is 5. The van der Waals surface area contributed by atoms with Crippen molar-refractivity contribution in [1.82, 2.24) is 9.55 Å². The zero-order valence-electron chi connectivity index (χ0n) is 10.7. The molecule has 2 rings (SSSR count). The number of nitrogens with zero attached hydrogens (tertiary/aromatic N) is 2. The van der Waals surface area contributed by atoms with Gasteiger partial charge in [0.1, 0.15) is 10.8 Å². The Morgan fingerprint density at radius 1 is 1.47 bits per heavy atom. The van der Waals surface area contributed by atoms with Gasteiger partial charge in [0.2, 0.25) is 0 Å². The number of carbonyl (C=O) groups excluding carboxylic acids is 1. The van der Waals surface area contributed by atoms with Crippen LogP contribution in [0.25, 0.3) is 0 Å². The second-order valence-corrected chi connectivity index (χ2v) is 6.61. The van der Waals surface area contributed by atoms with Crippen LogP contribution in [0.3, 0.4) is 0 Å². The van der Waals surface area contributed by atoms with Gasteiger partial charge in [0.25, 0.3) is 10.0 Å². The van der Waals surface area contributed by atoms with Crippen molar-refractivity contribution in [3.05, 3.63) is 29.0 Å². The Bertz CT molecular complexity index is 709. The van der Waals surface area contributed by atoms with E-state index in [0.29, 0.717) is 16.4 Å². The minimum atomic E-state index is -3.76. The molecule has 0 atom stereocenters. The number of nitrogens with one attached hydrogen (secondary N) is 1. The monoisotopic (exact) mass is 299 g/mol. The Morgan fingerprint density at radius 3 is 2.68 bits per heavy atom. The highest BCUT2D eigenvalue weighted by molar-refractivity contribution is 7.92. The van der Waals surface area contributed by atoms with Crippen LogP contribution in [0.1, 0.15) is 23.1 Å². The summed E-state index contributed by atoms with van der Waals surface area (Å²) in [7, 11) is -2.05. The number of ketones is 1. The molecular weight excluding hydrogens is 286 g/mol. The predicted octanol–water partition coefficient (Wildman–Crippen LogP) is 1.79. The highest BCUT2D eigenvalue weighted by Gasteiger charge is 2.21. The first-order valence-electron chi connectivity index (χ1n) is 5.42. The largest absolute Gasteiger partial charge is 0.337 e. The molecule has 0 saturated heterocycles. The molecule has 2 heterocycles. The first kappa shape index (κ1) is 13.8. The Labute approximate surface area is 115 Å². The lowest BCUT2D eigenvalue weighted by Crippen LogP contribution is -2.14. The third-order valence-corrected chi connectivity index (χ3v) is 4.81. The maximum atomic E-state index is 12.1. The summed E-state index contributed by atoms with van der Waals surface area (Å²) in [6.07, 6.45) is 1.43. The third kappa shape index (κ3) is 2.69. The van der Waals surface area contributed by atoms with Crippen LogP contribution in [-0.4, -0.2) is 23.8 Å².